The van der Waals surface area contributed by atoms with Crippen molar-refractivity contribution in [1.29, 1.82) is 0 Å². The number of hydrogen-bond donors (Lipinski definition) is 1. The molecule has 1 unspecified atom stereocenters. The Balaban J connectivity index is 2.00. The number of rotatable bonds is 8. The van der Waals surface area contributed by atoms with Crippen LogP contribution in [0.1, 0.15) is 63.6 Å². The highest BCUT2D eigenvalue weighted by Crippen LogP contribution is 2.17. The van der Waals surface area contributed by atoms with E-state index in [1.807, 2.05) is 5.51 Å². The van der Waals surface area contributed by atoms with Crippen LogP contribution in [0.4, 0.5) is 0 Å². The minimum Gasteiger partial charge on any atom is -0.323 e. The minimum atomic E-state index is 0.155. The van der Waals surface area contributed by atoms with E-state index < -0.39 is 0 Å². The van der Waals surface area contributed by atoms with Crippen molar-refractivity contribution in [2.24, 2.45) is 5.73 Å². The summed E-state index contributed by atoms with van der Waals surface area (Å²) in [6, 6.07) is 0.155. The zero-order valence-electron chi connectivity index (χ0n) is 9.61. The molecule has 0 amide bonds. The van der Waals surface area contributed by atoms with Gasteiger partial charge in [0.15, 0.2) is 0 Å². The van der Waals surface area contributed by atoms with Crippen molar-refractivity contribution in [3.8, 4) is 0 Å². The molecule has 0 aliphatic carbocycles. The Kier molecular flexibility index (Phi) is 6.60. The maximum Gasteiger partial charge on any atom is 0.0795 e. The molecule has 0 saturated carbocycles. The van der Waals surface area contributed by atoms with Gasteiger partial charge in [-0.1, -0.05) is 45.4 Å². The van der Waals surface area contributed by atoms with Gasteiger partial charge in [-0.25, -0.2) is 4.98 Å². The Morgan fingerprint density at radius 1 is 1.27 bits per heavy atom. The Labute approximate surface area is 96.9 Å². The Bertz CT molecular complexity index is 234. The van der Waals surface area contributed by atoms with Crippen LogP contribution in [0, 0.1) is 0 Å². The number of unbranched alkanes of at least 4 members (excludes halogenated alkanes) is 5. The molecule has 0 fully saturated rings. The summed E-state index contributed by atoms with van der Waals surface area (Å²) in [6.45, 7) is 2.25. The lowest BCUT2D eigenvalue weighted by Crippen LogP contribution is -2.10. The number of nitrogens with zero attached hydrogens (tertiary/aromatic N) is 1. The largest absolute Gasteiger partial charge is 0.323 e. The van der Waals surface area contributed by atoms with Gasteiger partial charge < -0.3 is 5.73 Å². The number of aromatic nitrogens is 1. The van der Waals surface area contributed by atoms with Gasteiger partial charge in [-0.05, 0) is 6.42 Å². The maximum absolute atomic E-state index is 6.02. The van der Waals surface area contributed by atoms with Crippen LogP contribution in [0.5, 0.6) is 0 Å². The van der Waals surface area contributed by atoms with Crippen molar-refractivity contribution in [2.75, 3.05) is 0 Å². The SMILES string of the molecule is CCCCCCCCC(N)c1cscn1. The summed E-state index contributed by atoms with van der Waals surface area (Å²) in [5, 5.41) is 2.06. The van der Waals surface area contributed by atoms with Gasteiger partial charge in [0.05, 0.1) is 11.2 Å². The molecule has 1 aromatic rings. The predicted octanol–water partition coefficient (Wildman–Crippen LogP) is 3.89. The van der Waals surface area contributed by atoms with Crippen LogP contribution in [0.3, 0.4) is 0 Å². The Morgan fingerprint density at radius 3 is 2.67 bits per heavy atom. The molecule has 0 aliphatic heterocycles. The van der Waals surface area contributed by atoms with Gasteiger partial charge in [-0.2, -0.15) is 0 Å². The van der Waals surface area contributed by atoms with Crippen LogP contribution in [0.2, 0.25) is 0 Å². The van der Waals surface area contributed by atoms with Crippen LogP contribution in [0.25, 0.3) is 0 Å². The fourth-order valence-electron chi connectivity index (χ4n) is 1.70. The monoisotopic (exact) mass is 226 g/mol. The van der Waals surface area contributed by atoms with Crippen molar-refractivity contribution in [3.63, 3.8) is 0 Å². The molecule has 1 heterocycles. The molecule has 15 heavy (non-hydrogen) atoms. The molecule has 1 aromatic heterocycles. The molecule has 0 spiro atoms. The van der Waals surface area contributed by atoms with Crippen molar-refractivity contribution in [3.05, 3.63) is 16.6 Å². The zero-order chi connectivity index (χ0) is 10.9. The smallest absolute Gasteiger partial charge is 0.0795 e. The second kappa shape index (κ2) is 7.83. The van der Waals surface area contributed by atoms with Gasteiger partial charge >= 0.3 is 0 Å². The van der Waals surface area contributed by atoms with Gasteiger partial charge in [0.1, 0.15) is 0 Å². The van der Waals surface area contributed by atoms with E-state index >= 15 is 0 Å². The topological polar surface area (TPSA) is 38.9 Å². The van der Waals surface area contributed by atoms with Gasteiger partial charge in [0.2, 0.25) is 0 Å². The van der Waals surface area contributed by atoms with E-state index in [0.29, 0.717) is 0 Å². The summed E-state index contributed by atoms with van der Waals surface area (Å²) < 4.78 is 0. The minimum absolute atomic E-state index is 0.155. The van der Waals surface area contributed by atoms with E-state index in [-0.39, 0.29) is 6.04 Å². The van der Waals surface area contributed by atoms with E-state index in [9.17, 15) is 0 Å². The Morgan fingerprint density at radius 2 is 2.00 bits per heavy atom. The molecular formula is C12H22N2S. The van der Waals surface area contributed by atoms with Crippen molar-refractivity contribution in [1.82, 2.24) is 4.98 Å². The lowest BCUT2D eigenvalue weighted by Gasteiger charge is -2.08. The highest BCUT2D eigenvalue weighted by atomic mass is 32.1. The third-order valence-corrected chi connectivity index (χ3v) is 3.30. The number of thiazole rings is 1. The van der Waals surface area contributed by atoms with Gasteiger partial charge in [-0.3, -0.25) is 0 Å². The summed E-state index contributed by atoms with van der Waals surface area (Å²) in [4.78, 5) is 4.24. The van der Waals surface area contributed by atoms with Crippen molar-refractivity contribution < 1.29 is 0 Å². The summed E-state index contributed by atoms with van der Waals surface area (Å²) in [6.07, 6.45) is 9.06. The van der Waals surface area contributed by atoms with E-state index in [2.05, 4.69) is 17.3 Å². The van der Waals surface area contributed by atoms with Crippen LogP contribution in [-0.2, 0) is 0 Å². The number of hydrogen-bond acceptors (Lipinski definition) is 3. The quantitative estimate of drug-likeness (QED) is 0.683. The first kappa shape index (κ1) is 12.7. The molecule has 1 atom stereocenters. The molecule has 2 nitrogen and oxygen atoms in total. The first-order valence-electron chi connectivity index (χ1n) is 5.98. The van der Waals surface area contributed by atoms with E-state index in [1.165, 1.54) is 38.5 Å². The summed E-state index contributed by atoms with van der Waals surface area (Å²) in [7, 11) is 0. The fourth-order valence-corrected chi connectivity index (χ4v) is 2.32. The second-order valence-electron chi connectivity index (χ2n) is 4.08. The normalized spacial score (nSPS) is 12.9. The molecule has 0 bridgehead atoms. The summed E-state index contributed by atoms with van der Waals surface area (Å²) >= 11 is 1.63. The van der Waals surface area contributed by atoms with E-state index in [4.69, 9.17) is 5.73 Å². The van der Waals surface area contributed by atoms with Crippen LogP contribution in [0.15, 0.2) is 10.9 Å². The van der Waals surface area contributed by atoms with Crippen LogP contribution < -0.4 is 5.73 Å². The first-order chi connectivity index (χ1) is 7.34. The summed E-state index contributed by atoms with van der Waals surface area (Å²) in [5.41, 5.74) is 8.95. The third-order valence-electron chi connectivity index (χ3n) is 2.70. The lowest BCUT2D eigenvalue weighted by atomic mass is 10.0. The van der Waals surface area contributed by atoms with Crippen molar-refractivity contribution >= 4 is 11.3 Å². The van der Waals surface area contributed by atoms with Gasteiger partial charge in [-0.15, -0.1) is 11.3 Å². The molecule has 1 rings (SSSR count). The molecule has 0 aromatic carbocycles. The number of nitrogens with two attached hydrogens (primary N) is 1. The molecule has 0 aliphatic rings. The molecule has 3 heteroatoms. The highest BCUT2D eigenvalue weighted by Gasteiger charge is 2.06. The average molecular weight is 226 g/mol. The summed E-state index contributed by atoms with van der Waals surface area (Å²) in [5.74, 6) is 0. The molecule has 0 radical (unpaired) electrons. The molecule has 2 N–H and O–H groups in total. The maximum atomic E-state index is 6.02. The second-order valence-corrected chi connectivity index (χ2v) is 4.79. The molecule has 0 saturated heterocycles. The Hall–Kier alpha value is -0.410. The standard InChI is InChI=1S/C12H22N2S/c1-2-3-4-5-6-7-8-11(13)12-9-15-10-14-12/h9-11H,2-8,13H2,1H3. The van der Waals surface area contributed by atoms with E-state index in [1.54, 1.807) is 11.3 Å². The first-order valence-corrected chi connectivity index (χ1v) is 6.92. The van der Waals surface area contributed by atoms with Gasteiger partial charge in [0, 0.05) is 11.4 Å². The fraction of sp³-hybridized carbons (Fsp3) is 0.750. The average Bonchev–Trinajstić information content (AvgIpc) is 2.76. The van der Waals surface area contributed by atoms with Crippen molar-refractivity contribution in [2.45, 2.75) is 57.9 Å². The van der Waals surface area contributed by atoms with Crippen LogP contribution in [-0.4, -0.2) is 4.98 Å². The van der Waals surface area contributed by atoms with Gasteiger partial charge in [0.25, 0.3) is 0 Å². The lowest BCUT2D eigenvalue weighted by molar-refractivity contribution is 0.542. The van der Waals surface area contributed by atoms with Crippen LogP contribution >= 0.6 is 11.3 Å². The molecule has 86 valence electrons. The third kappa shape index (κ3) is 5.28. The molecular weight excluding hydrogens is 204 g/mol. The predicted molar refractivity (Wildman–Crippen MR) is 67.0 cm³/mol. The van der Waals surface area contributed by atoms with E-state index in [0.717, 1.165) is 12.1 Å². The highest BCUT2D eigenvalue weighted by molar-refractivity contribution is 7.07. The zero-order valence-corrected chi connectivity index (χ0v) is 10.4.